The Morgan fingerprint density at radius 1 is 1.28 bits per heavy atom. The fraction of sp³-hybridized carbons (Fsp3) is 0.118. The number of nitrogens with two attached hydrogens (primary N) is 1. The van der Waals surface area contributed by atoms with E-state index < -0.39 is 11.9 Å². The molecule has 0 aliphatic carbocycles. The van der Waals surface area contributed by atoms with Crippen LogP contribution in [0.25, 0.3) is 17.4 Å². The predicted octanol–water partition coefficient (Wildman–Crippen LogP) is 1.53. The van der Waals surface area contributed by atoms with Gasteiger partial charge in [0.1, 0.15) is 23.0 Å². The molecule has 1 aliphatic heterocycles. The molecule has 0 spiro atoms. The summed E-state index contributed by atoms with van der Waals surface area (Å²) in [5.74, 6) is 0.567. The summed E-state index contributed by atoms with van der Waals surface area (Å²) in [5, 5.41) is 2.38. The summed E-state index contributed by atoms with van der Waals surface area (Å²) < 4.78 is 15.8. The highest BCUT2D eigenvalue weighted by Crippen LogP contribution is 2.33. The number of nitrogens with one attached hydrogen (secondary N) is 1. The van der Waals surface area contributed by atoms with Crippen LogP contribution in [0.2, 0.25) is 0 Å². The molecule has 128 valence electrons. The molecule has 0 fully saturated rings. The van der Waals surface area contributed by atoms with Crippen molar-refractivity contribution in [1.82, 2.24) is 5.32 Å². The number of nitrogens with zero attached hydrogens (tertiary/aromatic N) is 1. The first-order valence-corrected chi connectivity index (χ1v) is 7.25. The molecule has 2 aromatic rings. The van der Waals surface area contributed by atoms with Crippen LogP contribution in [-0.2, 0) is 9.53 Å². The maximum atomic E-state index is 11.7. The topological polar surface area (TPSA) is 116 Å². The van der Waals surface area contributed by atoms with Gasteiger partial charge in [0.05, 0.1) is 25.3 Å². The lowest BCUT2D eigenvalue weighted by Crippen LogP contribution is -2.30. The monoisotopic (exact) mass is 341 g/mol. The molecule has 0 atom stereocenters. The van der Waals surface area contributed by atoms with Gasteiger partial charge in [0, 0.05) is 6.08 Å². The van der Waals surface area contributed by atoms with E-state index >= 15 is 0 Å². The molecule has 2 heterocycles. The van der Waals surface area contributed by atoms with Gasteiger partial charge in [-0.25, -0.2) is 9.79 Å². The van der Waals surface area contributed by atoms with Crippen LogP contribution in [0.1, 0.15) is 16.1 Å². The Morgan fingerprint density at radius 2 is 2.08 bits per heavy atom. The Morgan fingerprint density at radius 3 is 2.72 bits per heavy atom. The third-order valence-corrected chi connectivity index (χ3v) is 3.51. The van der Waals surface area contributed by atoms with Crippen LogP contribution in [0.4, 0.5) is 0 Å². The number of aliphatic imine (C=N–C) groups is 1. The fourth-order valence-electron chi connectivity index (χ4n) is 2.34. The zero-order valence-corrected chi connectivity index (χ0v) is 13.5. The number of esters is 1. The van der Waals surface area contributed by atoms with Crippen LogP contribution in [0.5, 0.6) is 5.75 Å². The third kappa shape index (κ3) is 3.23. The van der Waals surface area contributed by atoms with E-state index in [-0.39, 0.29) is 11.7 Å². The van der Waals surface area contributed by atoms with Crippen molar-refractivity contribution in [2.24, 2.45) is 10.7 Å². The summed E-state index contributed by atoms with van der Waals surface area (Å²) in [6.07, 6.45) is 1.47. The minimum atomic E-state index is -0.467. The van der Waals surface area contributed by atoms with Crippen LogP contribution < -0.4 is 15.8 Å². The Kier molecular flexibility index (Phi) is 4.25. The van der Waals surface area contributed by atoms with Crippen LogP contribution in [0.15, 0.2) is 45.4 Å². The molecule has 1 aromatic carbocycles. The summed E-state index contributed by atoms with van der Waals surface area (Å²) in [6, 6.07) is 8.23. The van der Waals surface area contributed by atoms with Crippen molar-refractivity contribution in [3.8, 4) is 17.1 Å². The van der Waals surface area contributed by atoms with Crippen molar-refractivity contribution in [3.63, 3.8) is 0 Å². The second-order valence-electron chi connectivity index (χ2n) is 5.09. The maximum Gasteiger partial charge on any atom is 0.337 e. The van der Waals surface area contributed by atoms with E-state index in [1.165, 1.54) is 20.3 Å². The van der Waals surface area contributed by atoms with Gasteiger partial charge in [-0.3, -0.25) is 10.1 Å². The molecule has 0 bridgehead atoms. The molecule has 25 heavy (non-hydrogen) atoms. The minimum Gasteiger partial charge on any atom is -0.496 e. The van der Waals surface area contributed by atoms with Crippen molar-refractivity contribution in [3.05, 3.63) is 47.4 Å². The molecule has 3 rings (SSSR count). The lowest BCUT2D eigenvalue weighted by molar-refractivity contribution is -0.115. The Labute approximate surface area is 142 Å². The number of methoxy groups -OCH3 is 2. The third-order valence-electron chi connectivity index (χ3n) is 3.51. The first kappa shape index (κ1) is 16.3. The molecule has 1 aliphatic rings. The molecule has 1 aromatic heterocycles. The number of carbonyl (C=O) groups excluding carboxylic acids is 2. The summed E-state index contributed by atoms with van der Waals surface area (Å²) in [5.41, 5.74) is 6.54. The van der Waals surface area contributed by atoms with Crippen molar-refractivity contribution < 1.29 is 23.5 Å². The number of benzene rings is 1. The number of rotatable bonds is 4. The number of ether oxygens (including phenoxy) is 2. The van der Waals surface area contributed by atoms with Crippen molar-refractivity contribution in [2.45, 2.75) is 0 Å². The van der Waals surface area contributed by atoms with Crippen molar-refractivity contribution >= 4 is 23.9 Å². The van der Waals surface area contributed by atoms with Crippen LogP contribution in [0, 0.1) is 0 Å². The van der Waals surface area contributed by atoms with Gasteiger partial charge < -0.3 is 19.6 Å². The lowest BCUT2D eigenvalue weighted by Gasteiger charge is -2.08. The second kappa shape index (κ2) is 6.52. The van der Waals surface area contributed by atoms with Gasteiger partial charge in [-0.2, -0.15) is 0 Å². The van der Waals surface area contributed by atoms with Crippen molar-refractivity contribution in [1.29, 1.82) is 0 Å². The van der Waals surface area contributed by atoms with E-state index in [1.807, 2.05) is 0 Å². The summed E-state index contributed by atoms with van der Waals surface area (Å²) in [4.78, 5) is 27.2. The number of guanidine groups is 1. The molecule has 1 amide bonds. The second-order valence-corrected chi connectivity index (χ2v) is 5.09. The molecule has 0 saturated carbocycles. The number of carbonyl (C=O) groups is 2. The maximum absolute atomic E-state index is 11.7. The zero-order valence-electron chi connectivity index (χ0n) is 13.5. The van der Waals surface area contributed by atoms with E-state index in [1.54, 1.807) is 30.3 Å². The van der Waals surface area contributed by atoms with Gasteiger partial charge in [-0.05, 0) is 30.3 Å². The largest absolute Gasteiger partial charge is 0.496 e. The van der Waals surface area contributed by atoms with E-state index in [0.717, 1.165) is 0 Å². The molecule has 0 saturated heterocycles. The van der Waals surface area contributed by atoms with E-state index in [0.29, 0.717) is 28.4 Å². The van der Waals surface area contributed by atoms with E-state index in [4.69, 9.17) is 19.6 Å². The molecule has 0 radical (unpaired) electrons. The Bertz CT molecular complexity index is 911. The Hall–Kier alpha value is -3.55. The summed E-state index contributed by atoms with van der Waals surface area (Å²) >= 11 is 0. The first-order chi connectivity index (χ1) is 12.0. The summed E-state index contributed by atoms with van der Waals surface area (Å²) in [7, 11) is 2.82. The highest BCUT2D eigenvalue weighted by molar-refractivity contribution is 6.13. The standard InChI is InChI=1S/C17H15N3O5/c1-23-13-5-3-9(16(22)24-2)7-11(13)14-6-4-10(25-14)8-12-15(21)20-17(18)19-12/h3-8H,1-2H3,(H3,18,19,20,21)/b12-8+. The van der Waals surface area contributed by atoms with E-state index in [2.05, 4.69) is 10.3 Å². The molecular weight excluding hydrogens is 326 g/mol. The normalized spacial score (nSPS) is 15.0. The number of amides is 1. The quantitative estimate of drug-likeness (QED) is 0.643. The van der Waals surface area contributed by atoms with Gasteiger partial charge in [0.15, 0.2) is 0 Å². The smallest absolute Gasteiger partial charge is 0.337 e. The minimum absolute atomic E-state index is 0.0375. The molecular formula is C17H15N3O5. The van der Waals surface area contributed by atoms with Gasteiger partial charge in [-0.1, -0.05) is 0 Å². The molecule has 3 N–H and O–H groups in total. The highest BCUT2D eigenvalue weighted by Gasteiger charge is 2.19. The molecule has 8 nitrogen and oxygen atoms in total. The molecule has 8 heteroatoms. The average Bonchev–Trinajstić information content (AvgIpc) is 3.20. The van der Waals surface area contributed by atoms with Gasteiger partial charge in [0.25, 0.3) is 5.91 Å². The fourth-order valence-corrected chi connectivity index (χ4v) is 2.34. The lowest BCUT2D eigenvalue weighted by atomic mass is 10.1. The highest BCUT2D eigenvalue weighted by atomic mass is 16.5. The average molecular weight is 341 g/mol. The van der Waals surface area contributed by atoms with Crippen LogP contribution in [-0.4, -0.2) is 32.1 Å². The number of hydrogen-bond acceptors (Lipinski definition) is 7. The van der Waals surface area contributed by atoms with Crippen LogP contribution in [0.3, 0.4) is 0 Å². The Balaban J connectivity index is 1.98. The zero-order chi connectivity index (χ0) is 18.0. The van der Waals surface area contributed by atoms with Crippen molar-refractivity contribution in [2.75, 3.05) is 14.2 Å². The summed E-state index contributed by atoms with van der Waals surface area (Å²) in [6.45, 7) is 0. The molecule has 0 unspecified atom stereocenters. The van der Waals surface area contributed by atoms with Crippen LogP contribution >= 0.6 is 0 Å². The SMILES string of the molecule is COC(=O)c1ccc(OC)c(-c2ccc(/C=C3/N=C(N)NC3=O)o2)c1. The van der Waals surface area contributed by atoms with Gasteiger partial charge in [-0.15, -0.1) is 0 Å². The van der Waals surface area contributed by atoms with Gasteiger partial charge in [0.2, 0.25) is 5.96 Å². The van der Waals surface area contributed by atoms with E-state index in [9.17, 15) is 9.59 Å². The van der Waals surface area contributed by atoms with Gasteiger partial charge >= 0.3 is 5.97 Å². The first-order valence-electron chi connectivity index (χ1n) is 7.25. The predicted molar refractivity (Wildman–Crippen MR) is 89.8 cm³/mol. The number of furan rings is 1. The number of hydrogen-bond donors (Lipinski definition) is 2.